The average Bonchev–Trinajstić information content (AvgIpc) is 2.62. The summed E-state index contributed by atoms with van der Waals surface area (Å²) in [5.41, 5.74) is 1.69. The van der Waals surface area contributed by atoms with Gasteiger partial charge in [-0.15, -0.1) is 11.8 Å². The molecule has 25 heavy (non-hydrogen) atoms. The number of amides is 1. The molecule has 0 aliphatic carbocycles. The quantitative estimate of drug-likeness (QED) is 0.546. The number of benzene rings is 3. The fourth-order valence-corrected chi connectivity index (χ4v) is 3.93. The van der Waals surface area contributed by atoms with Crippen LogP contribution < -0.4 is 5.32 Å². The predicted octanol–water partition coefficient (Wildman–Crippen LogP) is 6.41. The molecule has 5 heteroatoms. The van der Waals surface area contributed by atoms with Crippen LogP contribution in [0.5, 0.6) is 0 Å². The average molecular weight is 390 g/mol. The molecule has 0 bridgehead atoms. The summed E-state index contributed by atoms with van der Waals surface area (Å²) >= 11 is 13.8. The predicted molar refractivity (Wildman–Crippen MR) is 110 cm³/mol. The fraction of sp³-hybridized carbons (Fsp3) is 0.150. The summed E-state index contributed by atoms with van der Waals surface area (Å²) in [5.74, 6) is 0.645. The lowest BCUT2D eigenvalue weighted by Gasteiger charge is -2.14. The van der Waals surface area contributed by atoms with Crippen molar-refractivity contribution in [3.05, 3.63) is 76.3 Å². The zero-order chi connectivity index (χ0) is 17.8. The molecule has 0 saturated heterocycles. The number of para-hydroxylation sites is 1. The van der Waals surface area contributed by atoms with Crippen LogP contribution in [0.4, 0.5) is 5.69 Å². The van der Waals surface area contributed by atoms with Crippen LogP contribution in [0.3, 0.4) is 0 Å². The number of carbonyl (C=O) groups is 1. The first-order valence-corrected chi connectivity index (χ1v) is 9.70. The first-order chi connectivity index (χ1) is 12.1. The number of hydrogen-bond donors (Lipinski definition) is 1. The van der Waals surface area contributed by atoms with E-state index >= 15 is 0 Å². The van der Waals surface area contributed by atoms with Crippen molar-refractivity contribution in [1.29, 1.82) is 0 Å². The van der Waals surface area contributed by atoms with Gasteiger partial charge in [0.1, 0.15) is 0 Å². The minimum absolute atomic E-state index is 0.111. The van der Waals surface area contributed by atoms with Crippen molar-refractivity contribution in [3.63, 3.8) is 0 Å². The van der Waals surface area contributed by atoms with Gasteiger partial charge in [-0.3, -0.25) is 4.79 Å². The molecule has 128 valence electrons. The van der Waals surface area contributed by atoms with Crippen molar-refractivity contribution in [1.82, 2.24) is 0 Å². The second-order valence-electron chi connectivity index (χ2n) is 5.68. The van der Waals surface area contributed by atoms with Crippen LogP contribution in [0, 0.1) is 0 Å². The van der Waals surface area contributed by atoms with Crippen molar-refractivity contribution in [2.24, 2.45) is 0 Å². The topological polar surface area (TPSA) is 29.1 Å². The highest BCUT2D eigenvalue weighted by atomic mass is 35.5. The highest BCUT2D eigenvalue weighted by Crippen LogP contribution is 2.31. The molecule has 0 fully saturated rings. The Labute approximate surface area is 161 Å². The highest BCUT2D eigenvalue weighted by molar-refractivity contribution is 7.99. The van der Waals surface area contributed by atoms with E-state index in [1.807, 2.05) is 25.1 Å². The largest absolute Gasteiger partial charge is 0.323 e. The zero-order valence-corrected chi connectivity index (χ0v) is 16.0. The van der Waals surface area contributed by atoms with E-state index in [0.29, 0.717) is 15.7 Å². The maximum atomic E-state index is 12.5. The summed E-state index contributed by atoms with van der Waals surface area (Å²) in [7, 11) is 0. The third-order valence-electron chi connectivity index (χ3n) is 3.95. The van der Waals surface area contributed by atoms with Gasteiger partial charge in [0, 0.05) is 5.75 Å². The Balaban J connectivity index is 1.68. The highest BCUT2D eigenvalue weighted by Gasteiger charge is 2.17. The van der Waals surface area contributed by atoms with Gasteiger partial charge in [0.25, 0.3) is 0 Å². The lowest BCUT2D eigenvalue weighted by atomic mass is 10.1. The van der Waals surface area contributed by atoms with Crippen molar-refractivity contribution < 1.29 is 4.79 Å². The molecule has 3 rings (SSSR count). The number of hydrogen-bond acceptors (Lipinski definition) is 2. The number of rotatable bonds is 5. The van der Waals surface area contributed by atoms with Gasteiger partial charge in [-0.25, -0.2) is 0 Å². The number of carbonyl (C=O) groups excluding carboxylic acids is 1. The molecule has 0 heterocycles. The Morgan fingerprint density at radius 2 is 1.64 bits per heavy atom. The lowest BCUT2D eigenvalue weighted by Crippen LogP contribution is -2.23. The minimum atomic E-state index is -0.230. The second-order valence-corrected chi connectivity index (χ2v) is 7.82. The maximum Gasteiger partial charge on any atom is 0.237 e. The Bertz CT molecular complexity index is 888. The van der Waals surface area contributed by atoms with Gasteiger partial charge in [0.2, 0.25) is 5.91 Å². The minimum Gasteiger partial charge on any atom is -0.323 e. The van der Waals surface area contributed by atoms with Crippen LogP contribution in [-0.4, -0.2) is 11.2 Å². The number of thioether (sulfide) groups is 1. The molecule has 1 N–H and O–H groups in total. The Kier molecular flexibility index (Phi) is 5.89. The SMILES string of the molecule is CC(SCc1cccc2ccccc12)C(=O)Nc1c(Cl)cccc1Cl. The van der Waals surface area contributed by atoms with Gasteiger partial charge >= 0.3 is 0 Å². The standard InChI is InChI=1S/C20H17Cl2NOS/c1-13(20(24)23-19-17(21)10-5-11-18(19)22)25-12-15-8-4-7-14-6-2-3-9-16(14)15/h2-11,13H,12H2,1H3,(H,23,24). The van der Waals surface area contributed by atoms with E-state index in [1.54, 1.807) is 30.0 Å². The van der Waals surface area contributed by atoms with E-state index in [4.69, 9.17) is 23.2 Å². The van der Waals surface area contributed by atoms with Gasteiger partial charge in [0.15, 0.2) is 0 Å². The molecule has 1 atom stereocenters. The number of halogens is 2. The summed E-state index contributed by atoms with van der Waals surface area (Å²) in [6, 6.07) is 19.7. The molecule has 0 saturated carbocycles. The van der Waals surface area contributed by atoms with E-state index in [-0.39, 0.29) is 11.2 Å². The van der Waals surface area contributed by atoms with Crippen molar-refractivity contribution in [2.45, 2.75) is 17.9 Å². The van der Waals surface area contributed by atoms with Crippen LogP contribution >= 0.6 is 35.0 Å². The van der Waals surface area contributed by atoms with Gasteiger partial charge in [-0.2, -0.15) is 0 Å². The van der Waals surface area contributed by atoms with E-state index < -0.39 is 0 Å². The van der Waals surface area contributed by atoms with Crippen LogP contribution in [0.15, 0.2) is 60.7 Å². The summed E-state index contributed by atoms with van der Waals surface area (Å²) in [4.78, 5) is 12.5. The second kappa shape index (κ2) is 8.13. The lowest BCUT2D eigenvalue weighted by molar-refractivity contribution is -0.115. The van der Waals surface area contributed by atoms with Crippen LogP contribution in [0.1, 0.15) is 12.5 Å². The maximum absolute atomic E-state index is 12.5. The molecule has 1 unspecified atom stereocenters. The molecule has 3 aromatic rings. The monoisotopic (exact) mass is 389 g/mol. The Hall–Kier alpha value is -1.68. The van der Waals surface area contributed by atoms with Crippen molar-refractivity contribution in [2.75, 3.05) is 5.32 Å². The van der Waals surface area contributed by atoms with E-state index in [0.717, 1.165) is 5.75 Å². The van der Waals surface area contributed by atoms with Gasteiger partial charge in [-0.05, 0) is 35.4 Å². The van der Waals surface area contributed by atoms with Crippen LogP contribution in [0.25, 0.3) is 10.8 Å². The summed E-state index contributed by atoms with van der Waals surface area (Å²) in [5, 5.41) is 5.90. The van der Waals surface area contributed by atoms with Crippen LogP contribution in [0.2, 0.25) is 10.0 Å². The van der Waals surface area contributed by atoms with E-state index in [2.05, 4.69) is 29.6 Å². The van der Waals surface area contributed by atoms with Crippen molar-refractivity contribution in [3.8, 4) is 0 Å². The number of fused-ring (bicyclic) bond motifs is 1. The molecule has 0 aliphatic heterocycles. The summed E-state index contributed by atoms with van der Waals surface area (Å²) in [6.45, 7) is 1.88. The molecule has 3 aromatic carbocycles. The fourth-order valence-electron chi connectivity index (χ4n) is 2.55. The molecular formula is C20H17Cl2NOS. The number of nitrogens with one attached hydrogen (secondary N) is 1. The van der Waals surface area contributed by atoms with Gasteiger partial charge in [0.05, 0.1) is 21.0 Å². The molecule has 2 nitrogen and oxygen atoms in total. The third-order valence-corrected chi connectivity index (χ3v) is 5.77. The molecular weight excluding hydrogens is 373 g/mol. The van der Waals surface area contributed by atoms with Crippen LogP contribution in [-0.2, 0) is 10.5 Å². The van der Waals surface area contributed by atoms with E-state index in [9.17, 15) is 4.79 Å². The van der Waals surface area contributed by atoms with Crippen molar-refractivity contribution >= 4 is 57.3 Å². The Morgan fingerprint density at radius 3 is 2.40 bits per heavy atom. The third kappa shape index (κ3) is 4.30. The molecule has 1 amide bonds. The zero-order valence-electron chi connectivity index (χ0n) is 13.6. The summed E-state index contributed by atoms with van der Waals surface area (Å²) < 4.78 is 0. The molecule has 0 radical (unpaired) electrons. The number of anilines is 1. The molecule has 0 spiro atoms. The normalized spacial score (nSPS) is 12.1. The smallest absolute Gasteiger partial charge is 0.237 e. The first kappa shape index (κ1) is 18.1. The summed E-state index contributed by atoms with van der Waals surface area (Å²) in [6.07, 6.45) is 0. The molecule has 0 aliphatic rings. The molecule has 0 aromatic heterocycles. The van der Waals surface area contributed by atoms with Gasteiger partial charge in [-0.1, -0.05) is 71.7 Å². The Morgan fingerprint density at radius 1 is 1.00 bits per heavy atom. The van der Waals surface area contributed by atoms with Gasteiger partial charge < -0.3 is 5.32 Å². The van der Waals surface area contributed by atoms with E-state index in [1.165, 1.54) is 16.3 Å². The first-order valence-electron chi connectivity index (χ1n) is 7.89.